The average Bonchev–Trinajstić information content (AvgIpc) is 2.64. The van der Waals surface area contributed by atoms with Crippen molar-refractivity contribution in [2.24, 2.45) is 0 Å². The molecule has 6 nitrogen and oxygen atoms in total. The summed E-state index contributed by atoms with van der Waals surface area (Å²) in [5.41, 5.74) is 0.898. The minimum absolute atomic E-state index is 0.00621. The Balaban J connectivity index is 1.92. The fraction of sp³-hybridized carbons (Fsp3) is 0.526. The Hall–Kier alpha value is -1.41. The Morgan fingerprint density at radius 2 is 2.23 bits per heavy atom. The lowest BCUT2D eigenvalue weighted by Crippen LogP contribution is -2.31. The number of aliphatic hydroxyl groups excluding tert-OH is 1. The van der Waals surface area contributed by atoms with Crippen LogP contribution in [0.25, 0.3) is 0 Å². The van der Waals surface area contributed by atoms with Gasteiger partial charge in [0.2, 0.25) is 0 Å². The van der Waals surface area contributed by atoms with Gasteiger partial charge >= 0.3 is 5.97 Å². The molecule has 4 atom stereocenters. The molecule has 4 unspecified atom stereocenters. The second kappa shape index (κ2) is 10.1. The lowest BCUT2D eigenvalue weighted by Gasteiger charge is -2.34. The molecule has 1 saturated heterocycles. The van der Waals surface area contributed by atoms with Crippen molar-refractivity contribution in [1.29, 1.82) is 0 Å². The molecule has 1 heterocycles. The van der Waals surface area contributed by atoms with Gasteiger partial charge < -0.3 is 24.1 Å². The first-order valence-corrected chi connectivity index (χ1v) is 9.42. The van der Waals surface area contributed by atoms with Crippen molar-refractivity contribution in [2.75, 3.05) is 13.2 Å². The van der Waals surface area contributed by atoms with Gasteiger partial charge in [0.1, 0.15) is 25.1 Å². The van der Waals surface area contributed by atoms with Gasteiger partial charge in [-0.25, -0.2) is 4.79 Å². The zero-order valence-corrected chi connectivity index (χ0v) is 16.6. The maximum atomic E-state index is 11.0. The summed E-state index contributed by atoms with van der Waals surface area (Å²) in [6, 6.07) is 5.54. The predicted octanol–water partition coefficient (Wildman–Crippen LogP) is 3.52. The van der Waals surface area contributed by atoms with Crippen LogP contribution in [-0.2, 0) is 19.0 Å². The van der Waals surface area contributed by atoms with Gasteiger partial charge in [0.25, 0.3) is 0 Å². The quantitative estimate of drug-likeness (QED) is 0.504. The fourth-order valence-electron chi connectivity index (χ4n) is 2.57. The molecule has 1 aliphatic heterocycles. The third-order valence-corrected chi connectivity index (χ3v) is 4.59. The van der Waals surface area contributed by atoms with Crippen LogP contribution >= 0.6 is 15.9 Å². The van der Waals surface area contributed by atoms with Crippen molar-refractivity contribution in [3.8, 4) is 5.75 Å². The lowest BCUT2D eigenvalue weighted by molar-refractivity contribution is -0.243. The first-order valence-electron chi connectivity index (χ1n) is 8.63. The monoisotopic (exact) mass is 428 g/mol. The van der Waals surface area contributed by atoms with Crippen molar-refractivity contribution in [2.45, 2.75) is 51.3 Å². The topological polar surface area (TPSA) is 74.2 Å². The van der Waals surface area contributed by atoms with E-state index in [4.69, 9.17) is 18.9 Å². The highest BCUT2D eigenvalue weighted by Crippen LogP contribution is 2.34. The Morgan fingerprint density at radius 1 is 1.46 bits per heavy atom. The van der Waals surface area contributed by atoms with Gasteiger partial charge in [0, 0.05) is 11.6 Å². The highest BCUT2D eigenvalue weighted by atomic mass is 79.9. The van der Waals surface area contributed by atoms with E-state index in [1.54, 1.807) is 6.07 Å². The first-order chi connectivity index (χ1) is 12.4. The molecule has 1 aromatic carbocycles. The molecular formula is C19H25BrO6. The highest BCUT2D eigenvalue weighted by molar-refractivity contribution is 9.10. The van der Waals surface area contributed by atoms with E-state index in [1.807, 2.05) is 19.1 Å². The summed E-state index contributed by atoms with van der Waals surface area (Å²) in [5, 5.41) is 9.80. The van der Waals surface area contributed by atoms with Crippen LogP contribution < -0.4 is 4.74 Å². The van der Waals surface area contributed by atoms with Crippen molar-refractivity contribution in [1.82, 2.24) is 0 Å². The summed E-state index contributed by atoms with van der Waals surface area (Å²) >= 11 is 3.47. The summed E-state index contributed by atoms with van der Waals surface area (Å²) in [4.78, 5) is 11.0. The van der Waals surface area contributed by atoms with Gasteiger partial charge in [-0.2, -0.15) is 0 Å². The number of halogens is 1. The Kier molecular flexibility index (Phi) is 8.09. The standard InChI is InChI=1S/C19H25BrO6/c1-4-15-8-12(3)25-19(26-15)13-6-7-17(16(20)9-13)23-10-14(21)11-24-18(22)5-2/h5-7,9,12,14-15,19,21H,2,4,8,10-11H2,1,3H3. The van der Waals surface area contributed by atoms with Crippen molar-refractivity contribution >= 4 is 21.9 Å². The molecule has 0 saturated carbocycles. The molecule has 2 rings (SSSR count). The van der Waals surface area contributed by atoms with Crippen LogP contribution in [0.2, 0.25) is 0 Å². The predicted molar refractivity (Wildman–Crippen MR) is 99.9 cm³/mol. The second-order valence-electron chi connectivity index (χ2n) is 6.17. The first kappa shape index (κ1) is 20.9. The summed E-state index contributed by atoms with van der Waals surface area (Å²) in [5.74, 6) is -0.0135. The summed E-state index contributed by atoms with van der Waals surface area (Å²) in [6.45, 7) is 7.28. The van der Waals surface area contributed by atoms with Crippen molar-refractivity contribution < 1.29 is 28.8 Å². The van der Waals surface area contributed by atoms with E-state index in [0.29, 0.717) is 5.75 Å². The summed E-state index contributed by atoms with van der Waals surface area (Å²) in [6.07, 6.45) is 1.88. The lowest BCUT2D eigenvalue weighted by atomic mass is 10.1. The molecule has 1 aliphatic rings. The van der Waals surface area contributed by atoms with E-state index >= 15 is 0 Å². The minimum Gasteiger partial charge on any atom is -0.490 e. The van der Waals surface area contributed by atoms with Gasteiger partial charge in [0.05, 0.1) is 16.7 Å². The van der Waals surface area contributed by atoms with Gasteiger partial charge in [-0.3, -0.25) is 0 Å². The third kappa shape index (κ3) is 6.09. The molecule has 0 amide bonds. The molecule has 1 fully saturated rings. The molecular weight excluding hydrogens is 404 g/mol. The summed E-state index contributed by atoms with van der Waals surface area (Å²) in [7, 11) is 0. The molecule has 0 spiro atoms. The van der Waals surface area contributed by atoms with Crippen LogP contribution in [0.1, 0.15) is 38.5 Å². The normalized spacial score (nSPS) is 23.9. The molecule has 0 aliphatic carbocycles. The van der Waals surface area contributed by atoms with E-state index in [-0.39, 0.29) is 25.4 Å². The van der Waals surface area contributed by atoms with Gasteiger partial charge in [0.15, 0.2) is 6.29 Å². The number of carbonyl (C=O) groups excluding carboxylic acids is 1. The molecule has 0 aromatic heterocycles. The van der Waals surface area contributed by atoms with Gasteiger partial charge in [-0.15, -0.1) is 0 Å². The van der Waals surface area contributed by atoms with Crippen LogP contribution in [0.15, 0.2) is 35.3 Å². The van der Waals surface area contributed by atoms with Gasteiger partial charge in [-0.1, -0.05) is 19.6 Å². The Bertz CT molecular complexity index is 620. The number of hydrogen-bond acceptors (Lipinski definition) is 6. The molecule has 0 bridgehead atoms. The zero-order chi connectivity index (χ0) is 19.1. The molecule has 26 heavy (non-hydrogen) atoms. The van der Waals surface area contributed by atoms with E-state index in [2.05, 4.69) is 29.4 Å². The summed E-state index contributed by atoms with van der Waals surface area (Å²) < 4.78 is 22.9. The largest absolute Gasteiger partial charge is 0.490 e. The number of ether oxygens (including phenoxy) is 4. The third-order valence-electron chi connectivity index (χ3n) is 3.97. The van der Waals surface area contributed by atoms with Crippen LogP contribution in [0, 0.1) is 0 Å². The molecule has 0 radical (unpaired) electrons. The number of carbonyl (C=O) groups is 1. The maximum absolute atomic E-state index is 11.0. The zero-order valence-electron chi connectivity index (χ0n) is 15.0. The van der Waals surface area contributed by atoms with Crippen LogP contribution in [0.5, 0.6) is 5.75 Å². The molecule has 7 heteroatoms. The van der Waals surface area contributed by atoms with Crippen molar-refractivity contribution in [3.05, 3.63) is 40.9 Å². The Morgan fingerprint density at radius 3 is 2.88 bits per heavy atom. The van der Waals surface area contributed by atoms with Crippen LogP contribution in [0.3, 0.4) is 0 Å². The van der Waals surface area contributed by atoms with Crippen LogP contribution in [0.4, 0.5) is 0 Å². The number of benzene rings is 1. The number of rotatable bonds is 8. The second-order valence-corrected chi connectivity index (χ2v) is 7.02. The van der Waals surface area contributed by atoms with Crippen LogP contribution in [-0.4, -0.2) is 42.6 Å². The molecule has 1 aromatic rings. The minimum atomic E-state index is -0.929. The average molecular weight is 429 g/mol. The Labute approximate surface area is 162 Å². The molecule has 144 valence electrons. The molecule has 1 N–H and O–H groups in total. The SMILES string of the molecule is C=CC(=O)OCC(O)COc1ccc(C2OC(C)CC(CC)O2)cc1Br. The fourth-order valence-corrected chi connectivity index (χ4v) is 3.08. The van der Waals surface area contributed by atoms with E-state index in [1.165, 1.54) is 0 Å². The number of esters is 1. The number of aliphatic hydroxyl groups is 1. The van der Waals surface area contributed by atoms with Crippen molar-refractivity contribution in [3.63, 3.8) is 0 Å². The van der Waals surface area contributed by atoms with E-state index in [9.17, 15) is 9.90 Å². The maximum Gasteiger partial charge on any atom is 0.330 e. The van der Waals surface area contributed by atoms with E-state index < -0.39 is 18.4 Å². The smallest absolute Gasteiger partial charge is 0.330 e. The van der Waals surface area contributed by atoms with E-state index in [0.717, 1.165) is 29.0 Å². The number of hydrogen-bond donors (Lipinski definition) is 1. The van der Waals surface area contributed by atoms with Gasteiger partial charge in [-0.05, 0) is 47.8 Å². The highest BCUT2D eigenvalue weighted by Gasteiger charge is 2.28.